The van der Waals surface area contributed by atoms with Crippen LogP contribution in [0.5, 0.6) is 0 Å². The van der Waals surface area contributed by atoms with Crippen LogP contribution in [0.25, 0.3) is 0 Å². The van der Waals surface area contributed by atoms with Gasteiger partial charge in [-0.1, -0.05) is 30.3 Å². The van der Waals surface area contributed by atoms with E-state index in [0.717, 1.165) is 24.9 Å². The maximum absolute atomic E-state index is 12.5. The molecule has 0 aromatic heterocycles. The Hall–Kier alpha value is -1.35. The molecule has 0 fully saturated rings. The van der Waals surface area contributed by atoms with E-state index in [1.807, 2.05) is 32.3 Å². The number of rotatable bonds is 8. The highest BCUT2D eigenvalue weighted by atomic mass is 16.2. The van der Waals surface area contributed by atoms with Gasteiger partial charge in [0.2, 0.25) is 5.91 Å². The summed E-state index contributed by atoms with van der Waals surface area (Å²) in [5, 5.41) is 0. The zero-order valence-electron chi connectivity index (χ0n) is 15.0. The molecule has 1 aromatic carbocycles. The van der Waals surface area contributed by atoms with E-state index in [9.17, 15) is 4.79 Å². The van der Waals surface area contributed by atoms with Gasteiger partial charge in [0.1, 0.15) is 0 Å². The summed E-state index contributed by atoms with van der Waals surface area (Å²) in [6.07, 6.45) is 1.94. The van der Waals surface area contributed by atoms with Gasteiger partial charge in [-0.3, -0.25) is 9.69 Å². The molecule has 0 saturated heterocycles. The Labute approximate surface area is 136 Å². The Morgan fingerprint density at radius 1 is 1.00 bits per heavy atom. The molecule has 3 heteroatoms. The van der Waals surface area contributed by atoms with Gasteiger partial charge in [0.15, 0.2) is 0 Å². The van der Waals surface area contributed by atoms with Crippen molar-refractivity contribution in [1.29, 1.82) is 0 Å². The highest BCUT2D eigenvalue weighted by Gasteiger charge is 2.22. The van der Waals surface area contributed by atoms with Crippen molar-refractivity contribution < 1.29 is 4.79 Å². The van der Waals surface area contributed by atoms with Crippen molar-refractivity contribution in [3.8, 4) is 0 Å². The van der Waals surface area contributed by atoms with Crippen LogP contribution < -0.4 is 0 Å². The molecule has 1 aromatic rings. The van der Waals surface area contributed by atoms with Crippen LogP contribution in [0.2, 0.25) is 0 Å². The molecule has 3 nitrogen and oxygen atoms in total. The average molecular weight is 304 g/mol. The summed E-state index contributed by atoms with van der Waals surface area (Å²) in [5.74, 6) is 0.171. The molecule has 124 valence electrons. The first-order valence-electron chi connectivity index (χ1n) is 8.36. The normalized spacial score (nSPS) is 13.0. The van der Waals surface area contributed by atoms with Gasteiger partial charge >= 0.3 is 0 Å². The minimum absolute atomic E-state index is 0.0302. The number of carbonyl (C=O) groups excluding carboxylic acids is 1. The molecule has 1 atom stereocenters. The van der Waals surface area contributed by atoms with Gasteiger partial charge in [-0.25, -0.2) is 0 Å². The van der Waals surface area contributed by atoms with Crippen molar-refractivity contribution in [1.82, 2.24) is 9.80 Å². The Morgan fingerprint density at radius 3 is 2.00 bits per heavy atom. The highest BCUT2D eigenvalue weighted by molar-refractivity contribution is 5.83. The molecule has 0 heterocycles. The standard InChI is InChI=1S/C19H32N2O/c1-15(2)21(16(3)4)14-10-13-18(19(22)20(5)6)17-11-8-7-9-12-17/h7-9,11-12,15-16,18H,10,13-14H2,1-6H3. The Morgan fingerprint density at radius 2 is 1.55 bits per heavy atom. The van der Waals surface area contributed by atoms with Crippen LogP contribution in [0, 0.1) is 0 Å². The van der Waals surface area contributed by atoms with E-state index in [4.69, 9.17) is 0 Å². The minimum Gasteiger partial charge on any atom is -0.348 e. The van der Waals surface area contributed by atoms with Crippen LogP contribution in [0.1, 0.15) is 52.0 Å². The first kappa shape index (κ1) is 18.7. The first-order chi connectivity index (χ1) is 10.3. The summed E-state index contributed by atoms with van der Waals surface area (Å²) in [4.78, 5) is 16.7. The van der Waals surface area contributed by atoms with E-state index in [-0.39, 0.29) is 11.8 Å². The van der Waals surface area contributed by atoms with Gasteiger partial charge in [-0.05, 0) is 52.6 Å². The molecule has 0 bridgehead atoms. The minimum atomic E-state index is -0.0302. The van der Waals surface area contributed by atoms with Gasteiger partial charge in [-0.2, -0.15) is 0 Å². The average Bonchev–Trinajstić information content (AvgIpc) is 2.46. The number of amides is 1. The van der Waals surface area contributed by atoms with Crippen LogP contribution in [0.4, 0.5) is 0 Å². The summed E-state index contributed by atoms with van der Waals surface area (Å²) < 4.78 is 0. The summed E-state index contributed by atoms with van der Waals surface area (Å²) in [5.41, 5.74) is 1.13. The zero-order chi connectivity index (χ0) is 16.7. The molecule has 0 aliphatic rings. The maximum Gasteiger partial charge on any atom is 0.229 e. The summed E-state index contributed by atoms with van der Waals surface area (Å²) >= 11 is 0. The van der Waals surface area contributed by atoms with E-state index in [1.165, 1.54) is 0 Å². The van der Waals surface area contributed by atoms with Gasteiger partial charge in [0.25, 0.3) is 0 Å². The van der Waals surface area contributed by atoms with E-state index < -0.39 is 0 Å². The second kappa shape index (κ2) is 8.94. The second-order valence-electron chi connectivity index (χ2n) is 6.76. The highest BCUT2D eigenvalue weighted by Crippen LogP contribution is 2.23. The maximum atomic E-state index is 12.5. The molecule has 1 unspecified atom stereocenters. The van der Waals surface area contributed by atoms with Crippen LogP contribution in [0.15, 0.2) is 30.3 Å². The van der Waals surface area contributed by atoms with Crippen LogP contribution >= 0.6 is 0 Å². The van der Waals surface area contributed by atoms with E-state index in [0.29, 0.717) is 12.1 Å². The Kier molecular flexibility index (Phi) is 7.60. The number of hydrogen-bond donors (Lipinski definition) is 0. The van der Waals surface area contributed by atoms with Crippen molar-refractivity contribution in [2.75, 3.05) is 20.6 Å². The third kappa shape index (κ3) is 5.45. The molecule has 22 heavy (non-hydrogen) atoms. The fourth-order valence-electron chi connectivity index (χ4n) is 3.02. The third-order valence-electron chi connectivity index (χ3n) is 4.18. The van der Waals surface area contributed by atoms with Gasteiger partial charge in [0.05, 0.1) is 5.92 Å². The van der Waals surface area contributed by atoms with Crippen molar-refractivity contribution in [2.45, 2.75) is 58.5 Å². The third-order valence-corrected chi connectivity index (χ3v) is 4.18. The van der Waals surface area contributed by atoms with Crippen molar-refractivity contribution in [2.24, 2.45) is 0 Å². The molecule has 0 radical (unpaired) electrons. The van der Waals surface area contributed by atoms with Crippen LogP contribution in [0.3, 0.4) is 0 Å². The molecule has 0 saturated carbocycles. The number of carbonyl (C=O) groups is 1. The molecule has 0 spiro atoms. The van der Waals surface area contributed by atoms with Crippen molar-refractivity contribution >= 4 is 5.91 Å². The van der Waals surface area contributed by atoms with Gasteiger partial charge < -0.3 is 4.90 Å². The fourth-order valence-corrected chi connectivity index (χ4v) is 3.02. The lowest BCUT2D eigenvalue weighted by Crippen LogP contribution is -2.38. The molecule has 0 N–H and O–H groups in total. The fraction of sp³-hybridized carbons (Fsp3) is 0.632. The molecule has 1 rings (SSSR count). The van der Waals surface area contributed by atoms with Crippen molar-refractivity contribution in [3.63, 3.8) is 0 Å². The lowest BCUT2D eigenvalue weighted by Gasteiger charge is -2.31. The summed E-state index contributed by atoms with van der Waals surface area (Å²) in [6.45, 7) is 9.98. The van der Waals surface area contributed by atoms with Crippen LogP contribution in [-0.4, -0.2) is 48.4 Å². The van der Waals surface area contributed by atoms with Crippen LogP contribution in [-0.2, 0) is 4.79 Å². The first-order valence-corrected chi connectivity index (χ1v) is 8.36. The Balaban J connectivity index is 2.72. The quantitative estimate of drug-likeness (QED) is 0.730. The van der Waals surface area contributed by atoms with Gasteiger partial charge in [0, 0.05) is 26.2 Å². The molecule has 0 aliphatic heterocycles. The molecule has 0 aliphatic carbocycles. The predicted octanol–water partition coefficient (Wildman–Crippen LogP) is 3.76. The van der Waals surface area contributed by atoms with Crippen molar-refractivity contribution in [3.05, 3.63) is 35.9 Å². The zero-order valence-corrected chi connectivity index (χ0v) is 15.0. The summed E-state index contributed by atoms with van der Waals surface area (Å²) in [6, 6.07) is 11.2. The number of benzene rings is 1. The molecular formula is C19H32N2O. The smallest absolute Gasteiger partial charge is 0.229 e. The lowest BCUT2D eigenvalue weighted by atomic mass is 9.92. The molecule has 1 amide bonds. The second-order valence-corrected chi connectivity index (χ2v) is 6.76. The van der Waals surface area contributed by atoms with E-state index >= 15 is 0 Å². The molecular weight excluding hydrogens is 272 g/mol. The summed E-state index contributed by atoms with van der Waals surface area (Å²) in [7, 11) is 3.68. The largest absolute Gasteiger partial charge is 0.348 e. The monoisotopic (exact) mass is 304 g/mol. The topological polar surface area (TPSA) is 23.6 Å². The Bertz CT molecular complexity index is 432. The predicted molar refractivity (Wildman–Crippen MR) is 94.1 cm³/mol. The van der Waals surface area contributed by atoms with Gasteiger partial charge in [-0.15, -0.1) is 0 Å². The lowest BCUT2D eigenvalue weighted by molar-refractivity contribution is -0.130. The van der Waals surface area contributed by atoms with E-state index in [2.05, 4.69) is 44.7 Å². The van der Waals surface area contributed by atoms with E-state index in [1.54, 1.807) is 4.90 Å². The number of nitrogens with zero attached hydrogens (tertiary/aromatic N) is 2. The SMILES string of the molecule is CC(C)N(CCCC(C(=O)N(C)C)c1ccccc1)C(C)C. The number of hydrogen-bond acceptors (Lipinski definition) is 2. The number of likely N-dealkylation sites (N-methyl/N-ethyl adjacent to an activating group) is 1.